The molecule has 1 aromatic carbocycles. The molecule has 0 amide bonds. The Morgan fingerprint density at radius 1 is 1.35 bits per heavy atom. The van der Waals surface area contributed by atoms with Crippen LogP contribution in [-0.2, 0) is 0 Å². The smallest absolute Gasteiger partial charge is 0.337 e. The lowest BCUT2D eigenvalue weighted by Crippen LogP contribution is -2.18. The van der Waals surface area contributed by atoms with E-state index in [0.717, 1.165) is 5.69 Å². The lowest BCUT2D eigenvalue weighted by Gasteiger charge is -2.23. The number of hydrogen-bond acceptors (Lipinski definition) is 3. The molecule has 0 bridgehead atoms. The molecule has 0 fully saturated rings. The van der Waals surface area contributed by atoms with Gasteiger partial charge in [0.2, 0.25) is 0 Å². The van der Waals surface area contributed by atoms with Gasteiger partial charge in [-0.1, -0.05) is 29.3 Å². The van der Waals surface area contributed by atoms with Gasteiger partial charge in [0.15, 0.2) is 5.82 Å². The van der Waals surface area contributed by atoms with Crippen LogP contribution in [0.3, 0.4) is 0 Å². The Morgan fingerprint density at radius 2 is 2.00 bits per heavy atom. The molecule has 4 nitrogen and oxygen atoms in total. The van der Waals surface area contributed by atoms with Gasteiger partial charge in [-0.05, 0) is 32.0 Å². The minimum Gasteiger partial charge on any atom is -0.478 e. The topological polar surface area (TPSA) is 53.4 Å². The van der Waals surface area contributed by atoms with Gasteiger partial charge in [0.05, 0.1) is 10.6 Å². The van der Waals surface area contributed by atoms with Crippen LogP contribution in [0.1, 0.15) is 22.8 Å². The highest BCUT2D eigenvalue weighted by Gasteiger charge is 2.15. The normalized spacial score (nSPS) is 10.3. The van der Waals surface area contributed by atoms with Gasteiger partial charge >= 0.3 is 5.97 Å². The van der Waals surface area contributed by atoms with E-state index >= 15 is 0 Å². The van der Waals surface area contributed by atoms with E-state index in [9.17, 15) is 4.79 Å². The number of anilines is 2. The van der Waals surface area contributed by atoms with Gasteiger partial charge in [0.1, 0.15) is 0 Å². The first-order chi connectivity index (χ1) is 9.52. The summed E-state index contributed by atoms with van der Waals surface area (Å²) in [6, 6.07) is 9.42. The van der Waals surface area contributed by atoms with Gasteiger partial charge in [0, 0.05) is 18.4 Å². The Kier molecular flexibility index (Phi) is 4.25. The monoisotopic (exact) mass is 290 g/mol. The summed E-state index contributed by atoms with van der Waals surface area (Å²) in [7, 11) is 0. The van der Waals surface area contributed by atoms with E-state index in [-0.39, 0.29) is 5.56 Å². The second-order valence-electron chi connectivity index (χ2n) is 4.41. The van der Waals surface area contributed by atoms with E-state index in [1.807, 2.05) is 43.0 Å². The summed E-state index contributed by atoms with van der Waals surface area (Å²) in [6.07, 6.45) is 1.32. The summed E-state index contributed by atoms with van der Waals surface area (Å²) in [5, 5.41) is 9.26. The maximum atomic E-state index is 10.9. The summed E-state index contributed by atoms with van der Waals surface area (Å²) in [6.45, 7) is 4.69. The minimum absolute atomic E-state index is 0.0821. The Hall–Kier alpha value is -2.07. The van der Waals surface area contributed by atoms with Crippen LogP contribution in [0.25, 0.3) is 0 Å². The second kappa shape index (κ2) is 5.92. The second-order valence-corrected chi connectivity index (χ2v) is 4.82. The van der Waals surface area contributed by atoms with Crippen LogP contribution in [-0.4, -0.2) is 22.6 Å². The molecule has 0 spiro atoms. The summed E-state index contributed by atoms with van der Waals surface area (Å²) >= 11 is 6.16. The molecule has 1 N–H and O–H groups in total. The van der Waals surface area contributed by atoms with Crippen molar-refractivity contribution in [1.82, 2.24) is 4.98 Å². The summed E-state index contributed by atoms with van der Waals surface area (Å²) in [4.78, 5) is 17.0. The molecule has 1 heterocycles. The fraction of sp³-hybridized carbons (Fsp3) is 0.200. The molecule has 0 atom stereocenters. The van der Waals surface area contributed by atoms with E-state index in [4.69, 9.17) is 16.7 Å². The van der Waals surface area contributed by atoms with Crippen molar-refractivity contribution in [2.45, 2.75) is 13.8 Å². The predicted molar refractivity (Wildman–Crippen MR) is 80.1 cm³/mol. The molecule has 0 saturated carbocycles. The largest absolute Gasteiger partial charge is 0.478 e. The van der Waals surface area contributed by atoms with E-state index in [0.29, 0.717) is 17.4 Å². The predicted octanol–water partition coefficient (Wildman–Crippen LogP) is 3.90. The highest BCUT2D eigenvalue weighted by molar-refractivity contribution is 6.33. The van der Waals surface area contributed by atoms with Crippen molar-refractivity contribution in [3.63, 3.8) is 0 Å². The molecule has 0 unspecified atom stereocenters. The molecular formula is C15H15ClN2O2. The van der Waals surface area contributed by atoms with Crippen LogP contribution < -0.4 is 4.90 Å². The average Bonchev–Trinajstić information content (AvgIpc) is 2.43. The molecule has 1 aromatic heterocycles. The molecule has 20 heavy (non-hydrogen) atoms. The number of aromatic carboxylic acids is 1. The summed E-state index contributed by atoms with van der Waals surface area (Å²) in [5.41, 5.74) is 2.22. The number of benzene rings is 1. The first kappa shape index (κ1) is 14.3. The third-order valence-electron chi connectivity index (χ3n) is 2.99. The highest BCUT2D eigenvalue weighted by Crippen LogP contribution is 2.30. The van der Waals surface area contributed by atoms with Crippen LogP contribution >= 0.6 is 11.6 Å². The zero-order chi connectivity index (χ0) is 14.7. The van der Waals surface area contributed by atoms with Crippen molar-refractivity contribution in [2.24, 2.45) is 0 Å². The van der Waals surface area contributed by atoms with E-state index in [1.165, 1.54) is 17.8 Å². The van der Waals surface area contributed by atoms with Crippen molar-refractivity contribution in [3.05, 3.63) is 52.7 Å². The number of rotatable bonds is 4. The van der Waals surface area contributed by atoms with Gasteiger partial charge in [-0.2, -0.15) is 0 Å². The number of pyridine rings is 1. The minimum atomic E-state index is -1.04. The highest BCUT2D eigenvalue weighted by atomic mass is 35.5. The molecule has 0 aliphatic carbocycles. The average molecular weight is 291 g/mol. The van der Waals surface area contributed by atoms with Crippen LogP contribution in [0.4, 0.5) is 11.5 Å². The van der Waals surface area contributed by atoms with Crippen molar-refractivity contribution in [1.29, 1.82) is 0 Å². The fourth-order valence-electron chi connectivity index (χ4n) is 1.93. The number of nitrogens with zero attached hydrogens (tertiary/aromatic N) is 2. The SMILES string of the molecule is CCN(c1ccc(C)cc1)c1ncc(C(=O)O)cc1Cl. The van der Waals surface area contributed by atoms with Crippen molar-refractivity contribution in [3.8, 4) is 0 Å². The Bertz CT molecular complexity index is 626. The van der Waals surface area contributed by atoms with Crippen LogP contribution in [0.5, 0.6) is 0 Å². The molecule has 0 saturated heterocycles. The van der Waals surface area contributed by atoms with Crippen LogP contribution in [0.15, 0.2) is 36.5 Å². The van der Waals surface area contributed by atoms with Gasteiger partial charge in [-0.3, -0.25) is 0 Å². The number of halogens is 1. The van der Waals surface area contributed by atoms with Gasteiger partial charge in [-0.15, -0.1) is 0 Å². The number of hydrogen-bond donors (Lipinski definition) is 1. The standard InChI is InChI=1S/C15H15ClN2O2/c1-3-18(12-6-4-10(2)5-7-12)14-13(16)8-11(9-17-14)15(19)20/h4-9H,3H2,1-2H3,(H,19,20). The summed E-state index contributed by atoms with van der Waals surface area (Å²) in [5.74, 6) is -0.479. The third kappa shape index (κ3) is 2.91. The first-order valence-corrected chi connectivity index (χ1v) is 6.63. The molecule has 0 radical (unpaired) electrons. The van der Waals surface area contributed by atoms with E-state index in [2.05, 4.69) is 4.98 Å². The summed E-state index contributed by atoms with van der Waals surface area (Å²) < 4.78 is 0. The lowest BCUT2D eigenvalue weighted by molar-refractivity contribution is 0.0696. The Labute approximate surface area is 122 Å². The van der Waals surface area contributed by atoms with Crippen molar-refractivity contribution in [2.75, 3.05) is 11.4 Å². The molecule has 0 aliphatic rings. The third-order valence-corrected chi connectivity index (χ3v) is 3.26. The number of carboxylic acid groups (broad SMARTS) is 1. The van der Waals surface area contributed by atoms with E-state index in [1.54, 1.807) is 0 Å². The maximum Gasteiger partial charge on any atom is 0.337 e. The van der Waals surface area contributed by atoms with Gasteiger partial charge in [-0.25, -0.2) is 9.78 Å². The number of carbonyl (C=O) groups is 1. The molecule has 5 heteroatoms. The van der Waals surface area contributed by atoms with Gasteiger partial charge in [0.25, 0.3) is 0 Å². The first-order valence-electron chi connectivity index (χ1n) is 6.26. The van der Waals surface area contributed by atoms with Crippen molar-refractivity contribution >= 4 is 29.1 Å². The fourth-order valence-corrected chi connectivity index (χ4v) is 2.19. The number of carboxylic acids is 1. The van der Waals surface area contributed by atoms with E-state index < -0.39 is 5.97 Å². The zero-order valence-electron chi connectivity index (χ0n) is 11.3. The Balaban J connectivity index is 2.41. The Morgan fingerprint density at radius 3 is 2.50 bits per heavy atom. The molecule has 2 aromatic rings. The van der Waals surface area contributed by atoms with Gasteiger partial charge < -0.3 is 10.0 Å². The lowest BCUT2D eigenvalue weighted by atomic mass is 10.2. The van der Waals surface area contributed by atoms with Crippen molar-refractivity contribution < 1.29 is 9.90 Å². The molecule has 2 rings (SSSR count). The van der Waals surface area contributed by atoms with Crippen LogP contribution in [0.2, 0.25) is 5.02 Å². The number of aromatic nitrogens is 1. The molecule has 104 valence electrons. The molecule has 0 aliphatic heterocycles. The number of aryl methyl sites for hydroxylation is 1. The van der Waals surface area contributed by atoms with Crippen LogP contribution in [0, 0.1) is 6.92 Å². The molecular weight excluding hydrogens is 276 g/mol. The zero-order valence-corrected chi connectivity index (χ0v) is 12.1. The maximum absolute atomic E-state index is 10.9. The quantitative estimate of drug-likeness (QED) is 0.928.